The minimum atomic E-state index is -0.114. The molecule has 0 unspecified atom stereocenters. The molecule has 1 aliphatic rings. The first kappa shape index (κ1) is 13.9. The molecule has 104 valence electrons. The van der Waals surface area contributed by atoms with Crippen LogP contribution in [0.3, 0.4) is 0 Å². The number of ether oxygens (including phenoxy) is 1. The number of carbonyl (C=O) groups excluding carboxylic acids is 1. The maximum atomic E-state index is 12.0. The van der Waals surface area contributed by atoms with E-state index >= 15 is 0 Å². The summed E-state index contributed by atoms with van der Waals surface area (Å²) < 4.78 is 6.00. The second-order valence-electron chi connectivity index (χ2n) is 4.92. The lowest BCUT2D eigenvalue weighted by atomic mass is 9.97. The summed E-state index contributed by atoms with van der Waals surface area (Å²) in [6.07, 6.45) is 6.13. The van der Waals surface area contributed by atoms with Gasteiger partial charge in [0.2, 0.25) is 0 Å². The van der Waals surface area contributed by atoms with E-state index < -0.39 is 0 Å². The maximum Gasteiger partial charge on any atom is 0.255 e. The largest absolute Gasteiger partial charge is 0.490 e. The van der Waals surface area contributed by atoms with E-state index in [4.69, 9.17) is 10.5 Å². The highest BCUT2D eigenvalue weighted by Gasteiger charge is 2.18. The molecular formula is C15H22N2O2. The van der Waals surface area contributed by atoms with Crippen molar-refractivity contribution < 1.29 is 9.53 Å². The van der Waals surface area contributed by atoms with E-state index in [1.165, 1.54) is 19.3 Å². The van der Waals surface area contributed by atoms with Gasteiger partial charge in [0.05, 0.1) is 11.7 Å². The highest BCUT2D eigenvalue weighted by molar-refractivity contribution is 5.96. The lowest BCUT2D eigenvalue weighted by Gasteiger charge is -2.24. The third kappa shape index (κ3) is 3.96. The fraction of sp³-hybridized carbons (Fsp3) is 0.533. The van der Waals surface area contributed by atoms with E-state index in [-0.39, 0.29) is 12.0 Å². The Kier molecular flexibility index (Phi) is 5.21. The van der Waals surface area contributed by atoms with Crippen molar-refractivity contribution in [2.24, 2.45) is 5.73 Å². The number of nitrogens with one attached hydrogen (secondary N) is 1. The van der Waals surface area contributed by atoms with Gasteiger partial charge in [-0.15, -0.1) is 0 Å². The Morgan fingerprint density at radius 3 is 2.74 bits per heavy atom. The molecule has 4 nitrogen and oxygen atoms in total. The van der Waals surface area contributed by atoms with Crippen molar-refractivity contribution in [3.8, 4) is 5.75 Å². The molecule has 0 atom stereocenters. The predicted octanol–water partition coefficient (Wildman–Crippen LogP) is 2.09. The van der Waals surface area contributed by atoms with Gasteiger partial charge in [-0.25, -0.2) is 0 Å². The van der Waals surface area contributed by atoms with Gasteiger partial charge in [0, 0.05) is 13.1 Å². The molecule has 0 aromatic heterocycles. The summed E-state index contributed by atoms with van der Waals surface area (Å²) in [5, 5.41) is 2.78. The average molecular weight is 262 g/mol. The van der Waals surface area contributed by atoms with Gasteiger partial charge in [-0.3, -0.25) is 4.79 Å². The van der Waals surface area contributed by atoms with Gasteiger partial charge in [-0.2, -0.15) is 0 Å². The molecule has 1 aromatic rings. The monoisotopic (exact) mass is 262 g/mol. The number of carbonyl (C=O) groups is 1. The third-order valence-electron chi connectivity index (χ3n) is 3.41. The zero-order valence-corrected chi connectivity index (χ0v) is 11.2. The fourth-order valence-corrected chi connectivity index (χ4v) is 2.40. The van der Waals surface area contributed by atoms with Crippen LogP contribution >= 0.6 is 0 Å². The number of benzene rings is 1. The summed E-state index contributed by atoms with van der Waals surface area (Å²) in [5.74, 6) is 0.570. The van der Waals surface area contributed by atoms with Gasteiger partial charge >= 0.3 is 0 Å². The van der Waals surface area contributed by atoms with Crippen LogP contribution in [0.25, 0.3) is 0 Å². The van der Waals surface area contributed by atoms with Crippen molar-refractivity contribution in [1.82, 2.24) is 5.32 Å². The first-order valence-corrected chi connectivity index (χ1v) is 7.05. The van der Waals surface area contributed by atoms with E-state index in [1.807, 2.05) is 18.2 Å². The first-order valence-electron chi connectivity index (χ1n) is 7.05. The van der Waals surface area contributed by atoms with Crippen molar-refractivity contribution in [2.75, 3.05) is 13.1 Å². The minimum absolute atomic E-state index is 0.114. The molecule has 1 amide bonds. The van der Waals surface area contributed by atoms with E-state index in [1.54, 1.807) is 6.07 Å². The summed E-state index contributed by atoms with van der Waals surface area (Å²) in [6, 6.07) is 7.42. The minimum Gasteiger partial charge on any atom is -0.490 e. The molecular weight excluding hydrogens is 240 g/mol. The SMILES string of the molecule is NCCNC(=O)c1ccccc1OC1CCCCC1. The number of rotatable bonds is 5. The van der Waals surface area contributed by atoms with E-state index in [0.29, 0.717) is 24.4 Å². The van der Waals surface area contributed by atoms with E-state index in [9.17, 15) is 4.79 Å². The van der Waals surface area contributed by atoms with Gasteiger partial charge in [0.25, 0.3) is 5.91 Å². The molecule has 1 fully saturated rings. The summed E-state index contributed by atoms with van der Waals surface area (Å²) in [5.41, 5.74) is 6.00. The van der Waals surface area contributed by atoms with Crippen molar-refractivity contribution in [1.29, 1.82) is 0 Å². The Morgan fingerprint density at radius 1 is 1.26 bits per heavy atom. The Labute approximate surface area is 114 Å². The zero-order chi connectivity index (χ0) is 13.5. The van der Waals surface area contributed by atoms with Crippen LogP contribution in [0, 0.1) is 0 Å². The average Bonchev–Trinajstić information content (AvgIpc) is 2.46. The highest BCUT2D eigenvalue weighted by atomic mass is 16.5. The Balaban J connectivity index is 2.04. The summed E-state index contributed by atoms with van der Waals surface area (Å²) in [7, 11) is 0. The number of para-hydroxylation sites is 1. The molecule has 4 heteroatoms. The molecule has 0 saturated heterocycles. The Hall–Kier alpha value is -1.55. The van der Waals surface area contributed by atoms with Gasteiger partial charge in [-0.1, -0.05) is 18.6 Å². The van der Waals surface area contributed by atoms with E-state index in [0.717, 1.165) is 12.8 Å². The molecule has 3 N–H and O–H groups in total. The molecule has 19 heavy (non-hydrogen) atoms. The summed E-state index contributed by atoms with van der Waals surface area (Å²) >= 11 is 0. The van der Waals surface area contributed by atoms with Crippen molar-refractivity contribution in [3.05, 3.63) is 29.8 Å². The summed E-state index contributed by atoms with van der Waals surface area (Å²) in [4.78, 5) is 12.0. The van der Waals surface area contributed by atoms with Crippen molar-refractivity contribution >= 4 is 5.91 Å². The smallest absolute Gasteiger partial charge is 0.255 e. The molecule has 0 radical (unpaired) electrons. The van der Waals surface area contributed by atoms with Crippen molar-refractivity contribution in [3.63, 3.8) is 0 Å². The number of hydrogen-bond acceptors (Lipinski definition) is 3. The van der Waals surface area contributed by atoms with Gasteiger partial charge in [-0.05, 0) is 37.8 Å². The van der Waals surface area contributed by atoms with Gasteiger partial charge in [0.1, 0.15) is 5.75 Å². The Morgan fingerprint density at radius 2 is 2.00 bits per heavy atom. The fourth-order valence-electron chi connectivity index (χ4n) is 2.40. The maximum absolute atomic E-state index is 12.0. The Bertz CT molecular complexity index is 414. The topological polar surface area (TPSA) is 64.3 Å². The van der Waals surface area contributed by atoms with Crippen LogP contribution in [0.15, 0.2) is 24.3 Å². The second kappa shape index (κ2) is 7.14. The van der Waals surface area contributed by atoms with Crippen LogP contribution in [0.1, 0.15) is 42.5 Å². The van der Waals surface area contributed by atoms with E-state index in [2.05, 4.69) is 5.32 Å². The molecule has 0 heterocycles. The second-order valence-corrected chi connectivity index (χ2v) is 4.92. The standard InChI is InChI=1S/C15H22N2O2/c16-10-11-17-15(18)13-8-4-5-9-14(13)19-12-6-2-1-3-7-12/h4-5,8-9,12H,1-3,6-7,10-11,16H2,(H,17,18). The number of amides is 1. The molecule has 2 rings (SSSR count). The molecule has 0 bridgehead atoms. The predicted molar refractivity (Wildman–Crippen MR) is 75.3 cm³/mol. The molecule has 0 spiro atoms. The molecule has 1 aromatic carbocycles. The third-order valence-corrected chi connectivity index (χ3v) is 3.41. The lowest BCUT2D eigenvalue weighted by Crippen LogP contribution is -2.30. The van der Waals surface area contributed by atoms with Crippen molar-refractivity contribution in [2.45, 2.75) is 38.2 Å². The van der Waals surface area contributed by atoms with Gasteiger partial charge in [0.15, 0.2) is 0 Å². The first-order chi connectivity index (χ1) is 9.31. The van der Waals surface area contributed by atoms with Crippen LogP contribution in [-0.4, -0.2) is 25.1 Å². The highest BCUT2D eigenvalue weighted by Crippen LogP contribution is 2.25. The number of hydrogen-bond donors (Lipinski definition) is 2. The zero-order valence-electron chi connectivity index (χ0n) is 11.2. The van der Waals surface area contributed by atoms with Crippen LogP contribution in [0.2, 0.25) is 0 Å². The van der Waals surface area contributed by atoms with Crippen LogP contribution in [-0.2, 0) is 0 Å². The normalized spacial score (nSPS) is 16.1. The molecule has 1 aliphatic carbocycles. The van der Waals surface area contributed by atoms with Crippen LogP contribution in [0.4, 0.5) is 0 Å². The van der Waals surface area contributed by atoms with Gasteiger partial charge < -0.3 is 15.8 Å². The van der Waals surface area contributed by atoms with Crippen LogP contribution < -0.4 is 15.8 Å². The van der Waals surface area contributed by atoms with Crippen LogP contribution in [0.5, 0.6) is 5.75 Å². The summed E-state index contributed by atoms with van der Waals surface area (Å²) in [6.45, 7) is 0.925. The quantitative estimate of drug-likeness (QED) is 0.854. The lowest BCUT2D eigenvalue weighted by molar-refractivity contribution is 0.0943. The molecule has 0 aliphatic heterocycles. The number of nitrogens with two attached hydrogens (primary N) is 1. The molecule has 1 saturated carbocycles.